The van der Waals surface area contributed by atoms with Crippen LogP contribution in [0.1, 0.15) is 23.2 Å². The molecule has 0 saturated heterocycles. The van der Waals surface area contributed by atoms with E-state index in [2.05, 4.69) is 10.3 Å². The summed E-state index contributed by atoms with van der Waals surface area (Å²) in [6.07, 6.45) is 1.98. The number of hydrogen-bond donors (Lipinski definition) is 1. The van der Waals surface area contributed by atoms with Crippen LogP contribution in [-0.2, 0) is 0 Å². The van der Waals surface area contributed by atoms with Crippen LogP contribution in [0.3, 0.4) is 0 Å². The van der Waals surface area contributed by atoms with Crippen molar-refractivity contribution in [2.45, 2.75) is 12.8 Å². The number of ketones is 1. The topological polar surface area (TPSA) is 41.5 Å². The fourth-order valence-corrected chi connectivity index (χ4v) is 1.94. The molecule has 1 aromatic rings. The molecule has 6 heteroatoms. The van der Waals surface area contributed by atoms with Gasteiger partial charge in [-0.25, -0.2) is 0 Å². The Morgan fingerprint density at radius 2 is 2.11 bits per heavy atom. The summed E-state index contributed by atoms with van der Waals surface area (Å²) in [5.74, 6) is 0.900. The van der Waals surface area contributed by atoms with Crippen LogP contribution in [0.4, 0.5) is 0 Å². The number of hydrogen-bond acceptors (Lipinski definition) is 3. The van der Waals surface area contributed by atoms with E-state index >= 15 is 0 Å². The molecule has 1 N–H and O–H groups in total. The van der Waals surface area contributed by atoms with Crippen molar-refractivity contribution in [1.29, 1.82) is 0 Å². The number of benzene rings is 1. The summed E-state index contributed by atoms with van der Waals surface area (Å²) in [6, 6.07) is 4.89. The molecule has 1 aromatic carbocycles. The van der Waals surface area contributed by atoms with Gasteiger partial charge in [0.05, 0.1) is 22.4 Å². The first-order valence-electron chi connectivity index (χ1n) is 5.42. The van der Waals surface area contributed by atoms with E-state index in [1.807, 2.05) is 0 Å². The van der Waals surface area contributed by atoms with Crippen molar-refractivity contribution in [2.75, 3.05) is 13.1 Å². The fraction of sp³-hybridized carbons (Fsp3) is 0.333. The highest BCUT2D eigenvalue weighted by molar-refractivity contribution is 6.42. The third-order valence-corrected chi connectivity index (χ3v) is 3.31. The second-order valence-electron chi connectivity index (χ2n) is 3.84. The SMILES string of the molecule is Cl.O=C(CNC1=NCCC1)c1ccc(Cl)c(Cl)c1. The summed E-state index contributed by atoms with van der Waals surface area (Å²) in [7, 11) is 0. The number of nitrogens with zero attached hydrogens (tertiary/aromatic N) is 1. The van der Waals surface area contributed by atoms with Gasteiger partial charge in [-0.05, 0) is 24.6 Å². The first kappa shape index (κ1) is 15.3. The average molecular weight is 308 g/mol. The Bertz CT molecular complexity index is 474. The van der Waals surface area contributed by atoms with Gasteiger partial charge in [0.15, 0.2) is 5.78 Å². The summed E-state index contributed by atoms with van der Waals surface area (Å²) in [6.45, 7) is 1.10. The molecular weight excluding hydrogens is 295 g/mol. The Morgan fingerprint density at radius 1 is 1.33 bits per heavy atom. The van der Waals surface area contributed by atoms with E-state index in [0.717, 1.165) is 25.2 Å². The van der Waals surface area contributed by atoms with Crippen molar-refractivity contribution in [3.05, 3.63) is 33.8 Å². The summed E-state index contributed by atoms with van der Waals surface area (Å²) < 4.78 is 0. The number of amidine groups is 1. The van der Waals surface area contributed by atoms with Crippen molar-refractivity contribution in [3.8, 4) is 0 Å². The molecule has 0 bridgehead atoms. The fourth-order valence-electron chi connectivity index (χ4n) is 1.64. The minimum absolute atomic E-state index is 0. The summed E-state index contributed by atoms with van der Waals surface area (Å²) in [4.78, 5) is 16.1. The van der Waals surface area contributed by atoms with Gasteiger partial charge >= 0.3 is 0 Å². The van der Waals surface area contributed by atoms with E-state index in [9.17, 15) is 4.79 Å². The molecular formula is C12H13Cl3N2O. The Labute approximate surface area is 122 Å². The monoisotopic (exact) mass is 306 g/mol. The van der Waals surface area contributed by atoms with Gasteiger partial charge in [-0.2, -0.15) is 0 Å². The lowest BCUT2D eigenvalue weighted by Crippen LogP contribution is -2.28. The molecule has 1 aliphatic heterocycles. The van der Waals surface area contributed by atoms with E-state index in [0.29, 0.717) is 15.6 Å². The molecule has 1 heterocycles. The maximum absolute atomic E-state index is 11.8. The molecule has 0 aromatic heterocycles. The molecule has 3 nitrogen and oxygen atoms in total. The number of carbonyl (C=O) groups excluding carboxylic acids is 1. The quantitative estimate of drug-likeness (QED) is 0.870. The number of nitrogens with one attached hydrogen (secondary N) is 1. The molecule has 0 atom stereocenters. The van der Waals surface area contributed by atoms with E-state index in [4.69, 9.17) is 23.2 Å². The maximum atomic E-state index is 11.8. The highest BCUT2D eigenvalue weighted by Crippen LogP contribution is 2.22. The molecule has 0 radical (unpaired) electrons. The van der Waals surface area contributed by atoms with Gasteiger partial charge in [0, 0.05) is 18.5 Å². The van der Waals surface area contributed by atoms with Crippen LogP contribution < -0.4 is 5.32 Å². The lowest BCUT2D eigenvalue weighted by Gasteiger charge is -2.05. The minimum atomic E-state index is -0.0156. The molecule has 18 heavy (non-hydrogen) atoms. The van der Waals surface area contributed by atoms with E-state index < -0.39 is 0 Å². The molecule has 1 aliphatic rings. The predicted molar refractivity (Wildman–Crippen MR) is 77.6 cm³/mol. The average Bonchev–Trinajstić information content (AvgIpc) is 2.82. The van der Waals surface area contributed by atoms with Crippen molar-refractivity contribution in [2.24, 2.45) is 4.99 Å². The number of carbonyl (C=O) groups is 1. The minimum Gasteiger partial charge on any atom is -0.366 e. The third kappa shape index (κ3) is 3.87. The Kier molecular flexibility index (Phi) is 5.93. The van der Waals surface area contributed by atoms with Crippen molar-refractivity contribution in [1.82, 2.24) is 5.32 Å². The Morgan fingerprint density at radius 3 is 2.72 bits per heavy atom. The van der Waals surface area contributed by atoms with Crippen LogP contribution >= 0.6 is 35.6 Å². The van der Waals surface area contributed by atoms with E-state index in [1.54, 1.807) is 18.2 Å². The van der Waals surface area contributed by atoms with Gasteiger partial charge in [0.25, 0.3) is 0 Å². The number of rotatable bonds is 3. The number of aliphatic imine (C=N–C) groups is 1. The van der Waals surface area contributed by atoms with Crippen molar-refractivity contribution >= 4 is 47.2 Å². The first-order chi connectivity index (χ1) is 8.16. The van der Waals surface area contributed by atoms with Gasteiger partial charge in [0.1, 0.15) is 0 Å². The molecule has 98 valence electrons. The Balaban J connectivity index is 0.00000162. The Hall–Kier alpha value is -0.770. The lowest BCUT2D eigenvalue weighted by atomic mass is 10.1. The lowest BCUT2D eigenvalue weighted by molar-refractivity contribution is 0.0996. The second-order valence-corrected chi connectivity index (χ2v) is 4.65. The van der Waals surface area contributed by atoms with Gasteiger partial charge in [0.2, 0.25) is 0 Å². The number of halogens is 3. The van der Waals surface area contributed by atoms with Crippen LogP contribution in [0.15, 0.2) is 23.2 Å². The molecule has 2 rings (SSSR count). The van der Waals surface area contributed by atoms with Crippen LogP contribution in [0, 0.1) is 0 Å². The van der Waals surface area contributed by atoms with Crippen molar-refractivity contribution in [3.63, 3.8) is 0 Å². The third-order valence-electron chi connectivity index (χ3n) is 2.57. The normalized spacial score (nSPS) is 13.8. The smallest absolute Gasteiger partial charge is 0.181 e. The summed E-state index contributed by atoms with van der Waals surface area (Å²) in [5.41, 5.74) is 0.561. The highest BCUT2D eigenvalue weighted by Gasteiger charge is 2.10. The standard InChI is InChI=1S/C12H12Cl2N2O.ClH/c13-9-4-3-8(6-10(9)14)11(17)7-16-12-2-1-5-15-12;/h3-4,6H,1-2,5,7H2,(H,15,16);1H. The molecule has 0 spiro atoms. The largest absolute Gasteiger partial charge is 0.366 e. The molecule has 0 amide bonds. The van der Waals surface area contributed by atoms with Gasteiger partial charge in [-0.1, -0.05) is 23.2 Å². The molecule has 0 unspecified atom stereocenters. The highest BCUT2D eigenvalue weighted by atomic mass is 35.5. The van der Waals surface area contributed by atoms with E-state index in [-0.39, 0.29) is 24.7 Å². The van der Waals surface area contributed by atoms with E-state index in [1.165, 1.54) is 0 Å². The van der Waals surface area contributed by atoms with Crippen LogP contribution in [0.5, 0.6) is 0 Å². The van der Waals surface area contributed by atoms with Crippen LogP contribution in [0.25, 0.3) is 0 Å². The molecule has 0 aliphatic carbocycles. The molecule has 0 saturated carbocycles. The number of Topliss-reactive ketones (excluding diaryl/α,β-unsaturated/α-hetero) is 1. The predicted octanol–water partition coefficient (Wildman–Crippen LogP) is 3.38. The summed E-state index contributed by atoms with van der Waals surface area (Å²) >= 11 is 11.6. The zero-order valence-electron chi connectivity index (χ0n) is 9.58. The first-order valence-corrected chi connectivity index (χ1v) is 6.18. The maximum Gasteiger partial charge on any atom is 0.181 e. The summed E-state index contributed by atoms with van der Waals surface area (Å²) in [5, 5.41) is 3.89. The second kappa shape index (κ2) is 6.98. The van der Waals surface area contributed by atoms with Gasteiger partial charge < -0.3 is 5.32 Å². The van der Waals surface area contributed by atoms with Gasteiger partial charge in [-0.15, -0.1) is 12.4 Å². The zero-order valence-corrected chi connectivity index (χ0v) is 11.9. The van der Waals surface area contributed by atoms with Gasteiger partial charge in [-0.3, -0.25) is 9.79 Å². The molecule has 0 fully saturated rings. The van der Waals surface area contributed by atoms with Crippen LogP contribution in [0.2, 0.25) is 10.0 Å². The zero-order chi connectivity index (χ0) is 12.3. The van der Waals surface area contributed by atoms with Crippen LogP contribution in [-0.4, -0.2) is 24.7 Å². The van der Waals surface area contributed by atoms with Crippen molar-refractivity contribution < 1.29 is 4.79 Å².